The Balaban J connectivity index is 2.35. The molecule has 1 N–H and O–H groups in total. The molecule has 0 spiro atoms. The zero-order valence-electron chi connectivity index (χ0n) is 10.5. The molecule has 1 aromatic carbocycles. The number of carbonyl (C=O) groups excluding carboxylic acids is 1. The Kier molecular flexibility index (Phi) is 3.14. The van der Waals surface area contributed by atoms with Crippen molar-refractivity contribution in [3.05, 3.63) is 58.4 Å². The van der Waals surface area contributed by atoms with Crippen LogP contribution in [0.1, 0.15) is 39.8 Å². The molecule has 1 heterocycles. The lowest BCUT2D eigenvalue weighted by atomic mass is 10.0. The molecule has 0 fully saturated rings. The number of H-pyrrole nitrogens is 1. The lowest BCUT2D eigenvalue weighted by molar-refractivity contribution is 0.101. The van der Waals surface area contributed by atoms with Crippen molar-refractivity contribution in [2.45, 2.75) is 27.2 Å². The van der Waals surface area contributed by atoms with Crippen LogP contribution in [0.25, 0.3) is 0 Å². The van der Waals surface area contributed by atoms with Crippen molar-refractivity contribution >= 4 is 5.78 Å². The van der Waals surface area contributed by atoms with Gasteiger partial charge in [-0.2, -0.15) is 0 Å². The first-order valence-corrected chi connectivity index (χ1v) is 5.82. The van der Waals surface area contributed by atoms with E-state index < -0.39 is 0 Å². The summed E-state index contributed by atoms with van der Waals surface area (Å²) >= 11 is 0. The van der Waals surface area contributed by atoms with Gasteiger partial charge in [0.25, 0.3) is 0 Å². The molecule has 0 aliphatic rings. The molecular formula is C15H17NO. The van der Waals surface area contributed by atoms with Gasteiger partial charge in [-0.1, -0.05) is 30.3 Å². The predicted molar refractivity (Wildman–Crippen MR) is 69.5 cm³/mol. The first-order valence-electron chi connectivity index (χ1n) is 5.82. The third-order valence-corrected chi connectivity index (χ3v) is 3.12. The average molecular weight is 227 g/mol. The zero-order valence-corrected chi connectivity index (χ0v) is 10.5. The van der Waals surface area contributed by atoms with E-state index in [-0.39, 0.29) is 5.78 Å². The number of rotatable bonds is 3. The van der Waals surface area contributed by atoms with Crippen molar-refractivity contribution < 1.29 is 4.79 Å². The third-order valence-electron chi connectivity index (χ3n) is 3.12. The van der Waals surface area contributed by atoms with Crippen LogP contribution in [0.2, 0.25) is 0 Å². The summed E-state index contributed by atoms with van der Waals surface area (Å²) in [4.78, 5) is 14.9. The van der Waals surface area contributed by atoms with E-state index in [9.17, 15) is 4.79 Å². The van der Waals surface area contributed by atoms with Crippen molar-refractivity contribution in [1.29, 1.82) is 0 Å². The average Bonchev–Trinajstić information content (AvgIpc) is 2.55. The molecule has 17 heavy (non-hydrogen) atoms. The van der Waals surface area contributed by atoms with Crippen molar-refractivity contribution in [2.75, 3.05) is 0 Å². The molecule has 0 aliphatic heterocycles. The summed E-state index contributed by atoms with van der Waals surface area (Å²) in [5, 5.41) is 0. The van der Waals surface area contributed by atoms with Crippen LogP contribution in [0.3, 0.4) is 0 Å². The largest absolute Gasteiger partial charge is 0.361 e. The smallest absolute Gasteiger partial charge is 0.161 e. The molecule has 0 unspecified atom stereocenters. The first-order chi connectivity index (χ1) is 8.09. The number of carbonyl (C=O) groups is 1. The van der Waals surface area contributed by atoms with E-state index in [1.165, 1.54) is 5.56 Å². The summed E-state index contributed by atoms with van der Waals surface area (Å²) < 4.78 is 0. The van der Waals surface area contributed by atoms with Gasteiger partial charge in [-0.25, -0.2) is 0 Å². The van der Waals surface area contributed by atoms with E-state index >= 15 is 0 Å². The highest BCUT2D eigenvalue weighted by Gasteiger charge is 2.14. The number of benzene rings is 1. The Bertz CT molecular complexity index is 538. The Morgan fingerprint density at radius 3 is 2.35 bits per heavy atom. The Hall–Kier alpha value is -1.83. The minimum Gasteiger partial charge on any atom is -0.361 e. The maximum absolute atomic E-state index is 11.5. The number of aromatic amines is 1. The fourth-order valence-corrected chi connectivity index (χ4v) is 2.32. The third kappa shape index (κ3) is 2.31. The van der Waals surface area contributed by atoms with Gasteiger partial charge in [-0.3, -0.25) is 4.79 Å². The van der Waals surface area contributed by atoms with E-state index in [0.717, 1.165) is 28.9 Å². The predicted octanol–water partition coefficient (Wildman–Crippen LogP) is 3.42. The Morgan fingerprint density at radius 2 is 1.82 bits per heavy atom. The van der Waals surface area contributed by atoms with Crippen LogP contribution in [0, 0.1) is 13.8 Å². The minimum atomic E-state index is 0.135. The van der Waals surface area contributed by atoms with Gasteiger partial charge in [0.1, 0.15) is 0 Å². The summed E-state index contributed by atoms with van der Waals surface area (Å²) in [6.45, 7) is 5.59. The SMILES string of the molecule is CC(=O)c1c(C)[nH]c(Cc2ccccc2)c1C. The summed E-state index contributed by atoms with van der Waals surface area (Å²) in [5.41, 5.74) is 5.29. The number of aromatic nitrogens is 1. The molecule has 0 amide bonds. The van der Waals surface area contributed by atoms with Gasteiger partial charge in [-0.05, 0) is 31.9 Å². The van der Waals surface area contributed by atoms with Gasteiger partial charge in [0.05, 0.1) is 0 Å². The second kappa shape index (κ2) is 4.58. The standard InChI is InChI=1S/C15H17NO/c1-10-14(9-13-7-5-4-6-8-13)16-11(2)15(10)12(3)17/h4-8,16H,9H2,1-3H3. The van der Waals surface area contributed by atoms with Crippen LogP contribution in [0.5, 0.6) is 0 Å². The summed E-state index contributed by atoms with van der Waals surface area (Å²) in [7, 11) is 0. The summed E-state index contributed by atoms with van der Waals surface area (Å²) in [6.07, 6.45) is 0.848. The molecule has 1 aromatic heterocycles. The van der Waals surface area contributed by atoms with Gasteiger partial charge in [-0.15, -0.1) is 0 Å². The highest BCUT2D eigenvalue weighted by molar-refractivity contribution is 5.97. The number of hydrogen-bond donors (Lipinski definition) is 1. The molecule has 2 rings (SSSR count). The molecule has 2 heteroatoms. The second-order valence-electron chi connectivity index (χ2n) is 4.45. The van der Waals surface area contributed by atoms with Gasteiger partial charge < -0.3 is 4.98 Å². The highest BCUT2D eigenvalue weighted by Crippen LogP contribution is 2.20. The van der Waals surface area contributed by atoms with Crippen LogP contribution < -0.4 is 0 Å². The fourth-order valence-electron chi connectivity index (χ4n) is 2.32. The molecular weight excluding hydrogens is 210 g/mol. The lowest BCUT2D eigenvalue weighted by Crippen LogP contribution is -1.96. The van der Waals surface area contributed by atoms with Crippen LogP contribution in [0.15, 0.2) is 30.3 Å². The van der Waals surface area contributed by atoms with Crippen molar-refractivity contribution in [3.63, 3.8) is 0 Å². The molecule has 0 saturated heterocycles. The summed E-state index contributed by atoms with van der Waals surface area (Å²) in [5.74, 6) is 0.135. The van der Waals surface area contributed by atoms with Crippen molar-refractivity contribution in [1.82, 2.24) is 4.98 Å². The molecule has 0 atom stereocenters. The van der Waals surface area contributed by atoms with Crippen molar-refractivity contribution in [2.24, 2.45) is 0 Å². The van der Waals surface area contributed by atoms with Crippen LogP contribution in [-0.2, 0) is 6.42 Å². The normalized spacial score (nSPS) is 10.5. The van der Waals surface area contributed by atoms with Gasteiger partial charge in [0.2, 0.25) is 0 Å². The maximum atomic E-state index is 11.5. The molecule has 0 aliphatic carbocycles. The van der Waals surface area contributed by atoms with Crippen molar-refractivity contribution in [3.8, 4) is 0 Å². The molecule has 2 aromatic rings. The van der Waals surface area contributed by atoms with Gasteiger partial charge in [0.15, 0.2) is 5.78 Å². The van der Waals surface area contributed by atoms with E-state index in [1.54, 1.807) is 6.92 Å². The number of Topliss-reactive ketones (excluding diaryl/α,β-unsaturated/α-hetero) is 1. The monoisotopic (exact) mass is 227 g/mol. The van der Waals surface area contributed by atoms with Crippen LogP contribution in [-0.4, -0.2) is 10.8 Å². The zero-order chi connectivity index (χ0) is 12.4. The topological polar surface area (TPSA) is 32.9 Å². The molecule has 0 bridgehead atoms. The number of ketones is 1. The first kappa shape index (κ1) is 11.6. The Labute approximate surface area is 102 Å². The molecule has 0 radical (unpaired) electrons. The highest BCUT2D eigenvalue weighted by atomic mass is 16.1. The number of hydrogen-bond acceptors (Lipinski definition) is 1. The Morgan fingerprint density at radius 1 is 1.18 bits per heavy atom. The quantitative estimate of drug-likeness (QED) is 0.801. The molecule has 0 saturated carbocycles. The van der Waals surface area contributed by atoms with Gasteiger partial charge in [0, 0.05) is 23.4 Å². The fraction of sp³-hybridized carbons (Fsp3) is 0.267. The summed E-state index contributed by atoms with van der Waals surface area (Å²) in [6, 6.07) is 10.3. The van der Waals surface area contributed by atoms with Crippen LogP contribution >= 0.6 is 0 Å². The number of nitrogens with one attached hydrogen (secondary N) is 1. The van der Waals surface area contributed by atoms with E-state index in [1.807, 2.05) is 32.0 Å². The number of aryl methyl sites for hydroxylation is 1. The lowest BCUT2D eigenvalue weighted by Gasteiger charge is -2.01. The van der Waals surface area contributed by atoms with Gasteiger partial charge >= 0.3 is 0 Å². The van der Waals surface area contributed by atoms with E-state index in [4.69, 9.17) is 0 Å². The van der Waals surface area contributed by atoms with E-state index in [2.05, 4.69) is 17.1 Å². The molecule has 88 valence electrons. The maximum Gasteiger partial charge on any atom is 0.161 e. The van der Waals surface area contributed by atoms with Crippen LogP contribution in [0.4, 0.5) is 0 Å². The minimum absolute atomic E-state index is 0.135. The second-order valence-corrected chi connectivity index (χ2v) is 4.45. The molecule has 2 nitrogen and oxygen atoms in total. The van der Waals surface area contributed by atoms with E-state index in [0.29, 0.717) is 0 Å².